The summed E-state index contributed by atoms with van der Waals surface area (Å²) in [5.41, 5.74) is 26.6. The largest absolute Gasteiger partial charge is 0.253 e. The molecule has 0 aliphatic heterocycles. The third kappa shape index (κ3) is 13.2. The van der Waals surface area contributed by atoms with Crippen molar-refractivity contribution >= 4 is 87.7 Å². The zero-order valence-corrected chi connectivity index (χ0v) is 47.8. The summed E-state index contributed by atoms with van der Waals surface area (Å²) in [6.45, 7) is 24.8. The maximum absolute atomic E-state index is 4.74. The first-order valence-corrected chi connectivity index (χ1v) is 26.8. The van der Waals surface area contributed by atoms with Crippen molar-refractivity contribution in [3.63, 3.8) is 0 Å². The van der Waals surface area contributed by atoms with Crippen molar-refractivity contribution in [2.24, 2.45) is 0 Å². The lowest BCUT2D eigenvalue weighted by molar-refractivity contribution is 1.17. The highest BCUT2D eigenvalue weighted by Crippen LogP contribution is 2.26. The lowest BCUT2D eigenvalue weighted by atomic mass is 10.0. The van der Waals surface area contributed by atoms with Crippen molar-refractivity contribution in [1.29, 1.82) is 0 Å². The van der Waals surface area contributed by atoms with Gasteiger partial charge in [-0.25, -0.2) is 19.9 Å². The third-order valence-corrected chi connectivity index (χ3v) is 14.1. The smallest absolute Gasteiger partial charge is 0.0919 e. The van der Waals surface area contributed by atoms with Crippen molar-refractivity contribution < 1.29 is 0 Å². The maximum Gasteiger partial charge on any atom is 0.0919 e. The fraction of sp³-hybridized carbons (Fsp3) is 0.171. The highest BCUT2D eigenvalue weighted by atomic mass is 14.8. The van der Waals surface area contributed by atoms with Gasteiger partial charge in [0.05, 0.1) is 77.6 Å². The molecule has 14 aromatic rings. The van der Waals surface area contributed by atoms with Crippen LogP contribution in [0.3, 0.4) is 0 Å². The molecule has 0 radical (unpaired) electrons. The Balaban J connectivity index is 0.000000117. The summed E-state index contributed by atoms with van der Waals surface area (Å²) in [6.07, 6.45) is 10.5. The van der Waals surface area contributed by atoms with E-state index in [1.165, 1.54) is 77.2 Å². The predicted molar refractivity (Wildman–Crippen MR) is 333 cm³/mol. The van der Waals surface area contributed by atoms with Crippen molar-refractivity contribution in [1.82, 2.24) is 49.8 Å². The van der Waals surface area contributed by atoms with Crippen LogP contribution >= 0.6 is 0 Å². The normalized spacial score (nSPS) is 10.8. The number of benzene rings is 8. The second kappa shape index (κ2) is 24.8. The molecule has 14 rings (SSSR count). The van der Waals surface area contributed by atoms with E-state index in [0.717, 1.165) is 77.6 Å². The lowest BCUT2D eigenvalue weighted by Gasteiger charge is -2.06. The zero-order valence-electron chi connectivity index (χ0n) is 47.8. The SMILES string of the molecule is Cc1cc2cc3ccccc3nc2cc1C.Cc1cc2nccnc2cc1C.Cc1ccc(C)c2nc3ccccc3cc12.Cc1ccc(C)c2nccnc12.Cc1ccc2nc(C)cnc2c1.Cc1cnc2cccc(C)c2n1. The molecule has 0 unspecified atom stereocenters. The molecule has 0 amide bonds. The molecule has 0 atom stereocenters. The highest BCUT2D eigenvalue weighted by Gasteiger charge is 2.06. The van der Waals surface area contributed by atoms with Crippen LogP contribution in [0.1, 0.15) is 67.0 Å². The fourth-order valence-electron chi connectivity index (χ4n) is 9.20. The minimum absolute atomic E-state index is 0.964. The van der Waals surface area contributed by atoms with Crippen LogP contribution in [0.25, 0.3) is 87.7 Å². The molecule has 10 heteroatoms. The van der Waals surface area contributed by atoms with Gasteiger partial charge in [0.2, 0.25) is 0 Å². The van der Waals surface area contributed by atoms with E-state index in [0.29, 0.717) is 0 Å². The first-order valence-electron chi connectivity index (χ1n) is 26.8. The average molecular weight is 1050 g/mol. The van der Waals surface area contributed by atoms with E-state index in [-0.39, 0.29) is 0 Å². The van der Waals surface area contributed by atoms with Crippen LogP contribution in [0.15, 0.2) is 183 Å². The van der Waals surface area contributed by atoms with E-state index in [4.69, 9.17) is 4.98 Å². The third-order valence-electron chi connectivity index (χ3n) is 14.1. The number of rotatable bonds is 0. The molecule has 10 nitrogen and oxygen atoms in total. The molecule has 6 aromatic heterocycles. The number of aryl methyl sites for hydroxylation is 12. The summed E-state index contributed by atoms with van der Waals surface area (Å²) in [5.74, 6) is 0. The molecule has 6 heterocycles. The van der Waals surface area contributed by atoms with Gasteiger partial charge in [0.1, 0.15) is 0 Å². The minimum atomic E-state index is 0.964. The van der Waals surface area contributed by atoms with Gasteiger partial charge < -0.3 is 0 Å². The first kappa shape index (κ1) is 55.2. The van der Waals surface area contributed by atoms with Gasteiger partial charge in [0, 0.05) is 58.7 Å². The Morgan fingerprint density at radius 2 is 0.713 bits per heavy atom. The molecule has 0 fully saturated rings. The second-order valence-corrected chi connectivity index (χ2v) is 20.5. The molecule has 80 heavy (non-hydrogen) atoms. The predicted octanol–water partition coefficient (Wildman–Crippen LogP) is 17.0. The highest BCUT2D eigenvalue weighted by molar-refractivity contribution is 5.96. The summed E-state index contributed by atoms with van der Waals surface area (Å²) in [4.78, 5) is 43.7. The summed E-state index contributed by atoms with van der Waals surface area (Å²) in [5, 5.41) is 4.91. The maximum atomic E-state index is 4.74. The van der Waals surface area contributed by atoms with E-state index in [1.54, 1.807) is 37.2 Å². The standard InChI is InChI=1S/2C15H13N.4C10H10N2/c1-10-7-13-9-12-5-3-4-6-14(12)16-15(13)8-11(10)2;1-10-7-8-11(2)15-13(10)9-12-5-3-4-6-14(12)16-15;1-7-5-9-10(6-8(7)2)12-4-3-11-9;1-7-3-4-9-10(5-7)11-6-8(2)12-9;1-7-3-4-8(2)10-9(7)11-5-6-12-10;1-7-4-3-5-9-10(7)12-8(2)6-11-9/h2*3-9H,1-2H3;4*3-6H,1-2H3. The molecule has 8 aromatic carbocycles. The van der Waals surface area contributed by atoms with Crippen LogP contribution in [-0.4, -0.2) is 49.8 Å². The summed E-state index contributed by atoms with van der Waals surface area (Å²) in [7, 11) is 0. The number of para-hydroxylation sites is 3. The Bertz CT molecular complexity index is 4280. The minimum Gasteiger partial charge on any atom is -0.253 e. The Morgan fingerprint density at radius 1 is 0.237 bits per heavy atom. The average Bonchev–Trinajstić information content (AvgIpc) is 3.47. The van der Waals surface area contributed by atoms with Crippen LogP contribution in [-0.2, 0) is 0 Å². The molecule has 0 saturated carbocycles. The van der Waals surface area contributed by atoms with Crippen molar-refractivity contribution in [2.75, 3.05) is 0 Å². The second-order valence-electron chi connectivity index (χ2n) is 20.5. The van der Waals surface area contributed by atoms with Crippen molar-refractivity contribution in [2.45, 2.75) is 83.1 Å². The topological polar surface area (TPSA) is 129 Å². The summed E-state index contributed by atoms with van der Waals surface area (Å²) < 4.78 is 0. The van der Waals surface area contributed by atoms with E-state index in [9.17, 15) is 0 Å². The van der Waals surface area contributed by atoms with Crippen LogP contribution in [0.2, 0.25) is 0 Å². The van der Waals surface area contributed by atoms with E-state index in [1.807, 2.05) is 50.2 Å². The Kier molecular flexibility index (Phi) is 17.2. The molecule has 0 bridgehead atoms. The first-order chi connectivity index (χ1) is 38.6. The lowest BCUT2D eigenvalue weighted by Crippen LogP contribution is -1.88. The van der Waals surface area contributed by atoms with Crippen LogP contribution in [0, 0.1) is 83.1 Å². The zero-order chi connectivity index (χ0) is 56.5. The van der Waals surface area contributed by atoms with Gasteiger partial charge in [0.15, 0.2) is 0 Å². The van der Waals surface area contributed by atoms with Crippen LogP contribution in [0.5, 0.6) is 0 Å². The van der Waals surface area contributed by atoms with Gasteiger partial charge in [-0.2, -0.15) is 0 Å². The monoisotopic (exact) mass is 1050 g/mol. The summed E-state index contributed by atoms with van der Waals surface area (Å²) >= 11 is 0. The molecule has 0 aliphatic carbocycles. The molecule has 0 aliphatic rings. The number of hydrogen-bond donors (Lipinski definition) is 0. The van der Waals surface area contributed by atoms with E-state index >= 15 is 0 Å². The number of hydrogen-bond acceptors (Lipinski definition) is 10. The quantitative estimate of drug-likeness (QED) is 0.135. The van der Waals surface area contributed by atoms with Gasteiger partial charge in [0.25, 0.3) is 0 Å². The molecule has 0 spiro atoms. The van der Waals surface area contributed by atoms with Crippen molar-refractivity contribution in [3.05, 3.63) is 250 Å². The molecule has 396 valence electrons. The van der Waals surface area contributed by atoms with Crippen molar-refractivity contribution in [3.8, 4) is 0 Å². The van der Waals surface area contributed by atoms with Gasteiger partial charge >= 0.3 is 0 Å². The number of aromatic nitrogens is 10. The molecule has 0 saturated heterocycles. The van der Waals surface area contributed by atoms with Gasteiger partial charge in [-0.3, -0.25) is 29.9 Å². The number of pyridine rings is 2. The Morgan fingerprint density at radius 3 is 1.35 bits per heavy atom. The fourth-order valence-corrected chi connectivity index (χ4v) is 9.20. The van der Waals surface area contributed by atoms with E-state index in [2.05, 4.69) is 223 Å². The Labute approximate surface area is 468 Å². The molecule has 0 N–H and O–H groups in total. The number of fused-ring (bicyclic) bond motifs is 8. The molecular weight excluding hydrogens is 981 g/mol. The van der Waals surface area contributed by atoms with Crippen LogP contribution in [0.4, 0.5) is 0 Å². The van der Waals surface area contributed by atoms with E-state index < -0.39 is 0 Å². The van der Waals surface area contributed by atoms with Gasteiger partial charge in [-0.1, -0.05) is 78.9 Å². The number of nitrogens with zero attached hydrogens (tertiary/aromatic N) is 10. The summed E-state index contributed by atoms with van der Waals surface area (Å²) in [6, 6.07) is 50.1. The molecular formula is C70H66N10. The van der Waals surface area contributed by atoms with Gasteiger partial charge in [-0.15, -0.1) is 0 Å². The van der Waals surface area contributed by atoms with Crippen LogP contribution < -0.4 is 0 Å². The Hall–Kier alpha value is -9.54. The van der Waals surface area contributed by atoms with Gasteiger partial charge in [-0.05, 0) is 205 Å².